The average molecular weight is 331 g/mol. The third kappa shape index (κ3) is 2.42. The number of para-hydroxylation sites is 2. The number of benzene rings is 2. The number of fused-ring (bicyclic) bond motifs is 1. The smallest absolute Gasteiger partial charge is 0.243 e. The van der Waals surface area contributed by atoms with Crippen molar-refractivity contribution in [1.29, 1.82) is 0 Å². The van der Waals surface area contributed by atoms with Crippen molar-refractivity contribution in [2.45, 2.75) is 10.8 Å². The molecular formula is C16H14FN3O2S. The predicted molar refractivity (Wildman–Crippen MR) is 84.0 cm³/mol. The van der Waals surface area contributed by atoms with Crippen molar-refractivity contribution < 1.29 is 12.8 Å². The summed E-state index contributed by atoms with van der Waals surface area (Å²) in [4.78, 5) is 7.86. The summed E-state index contributed by atoms with van der Waals surface area (Å²) in [5, 5.41) is 0. The number of sulfonamides is 1. The third-order valence-electron chi connectivity index (χ3n) is 4.09. The molecule has 118 valence electrons. The highest BCUT2D eigenvalue weighted by molar-refractivity contribution is 7.89. The van der Waals surface area contributed by atoms with E-state index in [0.29, 0.717) is 13.1 Å². The fourth-order valence-corrected chi connectivity index (χ4v) is 4.26. The highest BCUT2D eigenvalue weighted by Crippen LogP contribution is 2.31. The molecular weight excluding hydrogens is 317 g/mol. The molecule has 0 bridgehead atoms. The van der Waals surface area contributed by atoms with Crippen LogP contribution >= 0.6 is 0 Å². The van der Waals surface area contributed by atoms with Crippen LogP contribution in [0, 0.1) is 5.82 Å². The number of nitrogens with one attached hydrogen (secondary N) is 1. The minimum absolute atomic E-state index is 0.0534. The molecule has 1 N–H and O–H groups in total. The molecule has 1 aliphatic rings. The highest BCUT2D eigenvalue weighted by atomic mass is 32.2. The van der Waals surface area contributed by atoms with Crippen LogP contribution in [0.3, 0.4) is 0 Å². The van der Waals surface area contributed by atoms with Crippen LogP contribution in [0.1, 0.15) is 11.7 Å². The van der Waals surface area contributed by atoms with Crippen LogP contribution in [0.15, 0.2) is 53.4 Å². The Hall–Kier alpha value is -2.25. The summed E-state index contributed by atoms with van der Waals surface area (Å²) >= 11 is 0. The van der Waals surface area contributed by atoms with Gasteiger partial charge in [0, 0.05) is 19.0 Å². The van der Waals surface area contributed by atoms with Gasteiger partial charge in [-0.05, 0) is 36.4 Å². The molecule has 1 aromatic heterocycles. The molecule has 0 amide bonds. The van der Waals surface area contributed by atoms with Crippen LogP contribution in [-0.4, -0.2) is 35.8 Å². The summed E-state index contributed by atoms with van der Waals surface area (Å²) in [6.45, 7) is 0.749. The van der Waals surface area contributed by atoms with Gasteiger partial charge in [-0.25, -0.2) is 17.8 Å². The molecule has 0 unspecified atom stereocenters. The van der Waals surface area contributed by atoms with E-state index in [-0.39, 0.29) is 10.8 Å². The Morgan fingerprint density at radius 2 is 1.78 bits per heavy atom. The lowest BCUT2D eigenvalue weighted by atomic mass is 10.0. The van der Waals surface area contributed by atoms with Crippen molar-refractivity contribution >= 4 is 21.1 Å². The zero-order valence-electron chi connectivity index (χ0n) is 12.1. The summed E-state index contributed by atoms with van der Waals surface area (Å²) in [5.41, 5.74) is 1.82. The zero-order chi connectivity index (χ0) is 16.0. The van der Waals surface area contributed by atoms with E-state index in [2.05, 4.69) is 9.97 Å². The van der Waals surface area contributed by atoms with Gasteiger partial charge in [-0.15, -0.1) is 0 Å². The van der Waals surface area contributed by atoms with Crippen molar-refractivity contribution in [2.24, 2.45) is 0 Å². The molecule has 23 heavy (non-hydrogen) atoms. The van der Waals surface area contributed by atoms with E-state index in [4.69, 9.17) is 0 Å². The number of H-pyrrole nitrogens is 1. The molecule has 0 spiro atoms. The topological polar surface area (TPSA) is 66.1 Å². The van der Waals surface area contributed by atoms with Crippen LogP contribution in [0.25, 0.3) is 11.0 Å². The van der Waals surface area contributed by atoms with Crippen LogP contribution in [0.5, 0.6) is 0 Å². The molecule has 0 aliphatic carbocycles. The molecule has 2 heterocycles. The first-order chi connectivity index (χ1) is 11.0. The normalized spacial score (nSPS) is 16.6. The average Bonchev–Trinajstić information content (AvgIpc) is 2.89. The Morgan fingerprint density at radius 1 is 1.09 bits per heavy atom. The maximum Gasteiger partial charge on any atom is 0.243 e. The largest absolute Gasteiger partial charge is 0.342 e. The number of rotatable bonds is 3. The van der Waals surface area contributed by atoms with Crippen LogP contribution in [-0.2, 0) is 10.0 Å². The maximum atomic E-state index is 12.9. The number of hydrogen-bond acceptors (Lipinski definition) is 3. The second-order valence-corrected chi connectivity index (χ2v) is 7.55. The van der Waals surface area contributed by atoms with E-state index in [0.717, 1.165) is 29.0 Å². The van der Waals surface area contributed by atoms with E-state index in [1.54, 1.807) is 0 Å². The fourth-order valence-electron chi connectivity index (χ4n) is 2.73. The molecule has 1 aliphatic heterocycles. The molecule has 0 saturated carbocycles. The number of imidazole rings is 1. The van der Waals surface area contributed by atoms with Gasteiger partial charge in [0.15, 0.2) is 0 Å². The lowest BCUT2D eigenvalue weighted by Gasteiger charge is -2.36. The van der Waals surface area contributed by atoms with Crippen molar-refractivity contribution in [1.82, 2.24) is 14.3 Å². The van der Waals surface area contributed by atoms with Gasteiger partial charge in [-0.3, -0.25) is 0 Å². The van der Waals surface area contributed by atoms with Gasteiger partial charge in [-0.1, -0.05) is 12.1 Å². The molecule has 2 aromatic carbocycles. The summed E-state index contributed by atoms with van der Waals surface area (Å²) in [6.07, 6.45) is 0. The quantitative estimate of drug-likeness (QED) is 0.802. The predicted octanol–water partition coefficient (Wildman–Crippen LogP) is 2.49. The summed E-state index contributed by atoms with van der Waals surface area (Å²) in [7, 11) is -3.56. The maximum absolute atomic E-state index is 12.9. The molecule has 4 rings (SSSR count). The number of halogens is 1. The van der Waals surface area contributed by atoms with E-state index in [9.17, 15) is 12.8 Å². The fraction of sp³-hybridized carbons (Fsp3) is 0.188. The molecule has 0 radical (unpaired) electrons. The molecule has 7 heteroatoms. The second kappa shape index (κ2) is 5.14. The Balaban J connectivity index is 1.53. The Labute approximate surface area is 132 Å². The molecule has 1 saturated heterocycles. The monoisotopic (exact) mass is 331 g/mol. The number of hydrogen-bond donors (Lipinski definition) is 1. The van der Waals surface area contributed by atoms with Gasteiger partial charge in [-0.2, -0.15) is 4.31 Å². The van der Waals surface area contributed by atoms with Crippen LogP contribution in [0.2, 0.25) is 0 Å². The van der Waals surface area contributed by atoms with Gasteiger partial charge in [0.1, 0.15) is 11.6 Å². The Morgan fingerprint density at radius 3 is 2.48 bits per heavy atom. The summed E-state index contributed by atoms with van der Waals surface area (Å²) in [6, 6.07) is 12.6. The Bertz CT molecular complexity index is 927. The first-order valence-corrected chi connectivity index (χ1v) is 8.68. The number of nitrogens with zero attached hydrogens (tertiary/aromatic N) is 2. The minimum atomic E-state index is -3.56. The first-order valence-electron chi connectivity index (χ1n) is 7.24. The van der Waals surface area contributed by atoms with E-state index < -0.39 is 15.8 Å². The van der Waals surface area contributed by atoms with Crippen molar-refractivity contribution in [2.75, 3.05) is 13.1 Å². The lowest BCUT2D eigenvalue weighted by molar-refractivity contribution is 0.257. The van der Waals surface area contributed by atoms with Crippen molar-refractivity contribution in [3.05, 3.63) is 60.2 Å². The van der Waals surface area contributed by atoms with E-state index in [1.807, 2.05) is 24.3 Å². The van der Waals surface area contributed by atoms with Gasteiger partial charge in [0.25, 0.3) is 0 Å². The standard InChI is InChI=1S/C16H14FN3O2S/c17-12-5-7-13(8-6-12)23(21,22)20-9-11(10-20)16-18-14-3-1-2-4-15(14)19-16/h1-8,11H,9-10H2,(H,18,19). The van der Waals surface area contributed by atoms with Gasteiger partial charge >= 0.3 is 0 Å². The molecule has 3 aromatic rings. The van der Waals surface area contributed by atoms with Crippen molar-refractivity contribution in [3.63, 3.8) is 0 Å². The van der Waals surface area contributed by atoms with Gasteiger partial charge in [0.05, 0.1) is 15.9 Å². The van der Waals surface area contributed by atoms with Gasteiger partial charge in [0.2, 0.25) is 10.0 Å². The third-order valence-corrected chi connectivity index (χ3v) is 5.94. The first kappa shape index (κ1) is 14.3. The summed E-state index contributed by atoms with van der Waals surface area (Å²) in [5.74, 6) is 0.405. The molecule has 5 nitrogen and oxygen atoms in total. The SMILES string of the molecule is O=S(=O)(c1ccc(F)cc1)N1CC(c2nc3ccccc3[nH]2)C1. The summed E-state index contributed by atoms with van der Waals surface area (Å²) < 4.78 is 39.2. The van der Waals surface area contributed by atoms with E-state index >= 15 is 0 Å². The highest BCUT2D eigenvalue weighted by Gasteiger charge is 2.38. The number of aromatic nitrogens is 2. The van der Waals surface area contributed by atoms with Crippen LogP contribution < -0.4 is 0 Å². The van der Waals surface area contributed by atoms with Crippen molar-refractivity contribution in [3.8, 4) is 0 Å². The zero-order valence-corrected chi connectivity index (χ0v) is 12.9. The minimum Gasteiger partial charge on any atom is -0.342 e. The lowest BCUT2D eigenvalue weighted by Crippen LogP contribution is -2.48. The Kier molecular flexibility index (Phi) is 3.21. The van der Waals surface area contributed by atoms with Crippen LogP contribution in [0.4, 0.5) is 4.39 Å². The van der Waals surface area contributed by atoms with E-state index in [1.165, 1.54) is 16.4 Å². The second-order valence-electron chi connectivity index (χ2n) is 5.61. The van der Waals surface area contributed by atoms with Gasteiger partial charge < -0.3 is 4.98 Å². The molecule has 0 atom stereocenters. The number of aromatic amines is 1. The molecule has 1 fully saturated rings.